The van der Waals surface area contributed by atoms with Crippen molar-refractivity contribution in [3.8, 4) is 0 Å². The van der Waals surface area contributed by atoms with Crippen LogP contribution in [-0.2, 0) is 6.54 Å². The largest absolute Gasteiger partial charge is 0.316 e. The number of unbranched alkanes of at least 4 members (excludes halogenated alkanes) is 1. The first-order chi connectivity index (χ1) is 9.78. The van der Waals surface area contributed by atoms with E-state index >= 15 is 0 Å². The molecule has 2 unspecified atom stereocenters. The molecule has 1 saturated heterocycles. The van der Waals surface area contributed by atoms with E-state index in [4.69, 9.17) is 11.6 Å². The molecule has 1 heterocycles. The molecule has 2 nitrogen and oxygen atoms in total. The van der Waals surface area contributed by atoms with Gasteiger partial charge in [0.1, 0.15) is 0 Å². The molecular formula is C17H25ClN2. The van der Waals surface area contributed by atoms with E-state index in [2.05, 4.69) is 29.3 Å². The van der Waals surface area contributed by atoms with Gasteiger partial charge >= 0.3 is 0 Å². The highest BCUT2D eigenvalue weighted by molar-refractivity contribution is 6.30. The Bertz CT molecular complexity index is 419. The Kier molecular flexibility index (Phi) is 4.65. The van der Waals surface area contributed by atoms with Crippen LogP contribution in [0.25, 0.3) is 0 Å². The van der Waals surface area contributed by atoms with E-state index in [9.17, 15) is 0 Å². The first kappa shape index (κ1) is 14.4. The summed E-state index contributed by atoms with van der Waals surface area (Å²) in [5, 5.41) is 4.44. The zero-order valence-electron chi connectivity index (χ0n) is 12.3. The molecule has 0 radical (unpaired) electrons. The Balaban J connectivity index is 1.38. The summed E-state index contributed by atoms with van der Waals surface area (Å²) in [5.74, 6) is 2.86. The quantitative estimate of drug-likeness (QED) is 0.775. The number of nitrogens with one attached hydrogen (secondary N) is 1. The molecule has 3 heteroatoms. The molecule has 110 valence electrons. The summed E-state index contributed by atoms with van der Waals surface area (Å²) in [6.07, 6.45) is 2.60. The van der Waals surface area contributed by atoms with Gasteiger partial charge in [0.25, 0.3) is 0 Å². The Labute approximate surface area is 127 Å². The number of nitrogens with zero attached hydrogens (tertiary/aromatic N) is 1. The number of likely N-dealkylation sites (tertiary alicyclic amines) is 1. The lowest BCUT2D eigenvalue weighted by molar-refractivity contribution is 0.275. The second-order valence-corrected chi connectivity index (χ2v) is 6.81. The molecule has 1 N–H and O–H groups in total. The number of hydrogen-bond acceptors (Lipinski definition) is 2. The average molecular weight is 293 g/mol. The molecule has 1 saturated carbocycles. The van der Waals surface area contributed by atoms with Gasteiger partial charge in [-0.1, -0.05) is 37.1 Å². The maximum Gasteiger partial charge on any atom is 0.0406 e. The fourth-order valence-corrected chi connectivity index (χ4v) is 3.71. The monoisotopic (exact) mass is 292 g/mol. The molecule has 2 fully saturated rings. The van der Waals surface area contributed by atoms with Gasteiger partial charge < -0.3 is 5.32 Å². The SMILES string of the molecule is CCCCNCC1C2CN(Cc3ccc(Cl)cc3)CC12. The van der Waals surface area contributed by atoms with E-state index < -0.39 is 0 Å². The molecule has 1 aliphatic heterocycles. The third-order valence-electron chi connectivity index (χ3n) is 4.85. The van der Waals surface area contributed by atoms with Crippen LogP contribution in [0.4, 0.5) is 0 Å². The maximum absolute atomic E-state index is 5.93. The minimum Gasteiger partial charge on any atom is -0.316 e. The van der Waals surface area contributed by atoms with Gasteiger partial charge in [0.2, 0.25) is 0 Å². The number of halogens is 1. The molecule has 0 amide bonds. The van der Waals surface area contributed by atoms with Gasteiger partial charge in [-0.15, -0.1) is 0 Å². The van der Waals surface area contributed by atoms with E-state index in [0.29, 0.717) is 0 Å². The van der Waals surface area contributed by atoms with Crippen molar-refractivity contribution in [1.29, 1.82) is 0 Å². The van der Waals surface area contributed by atoms with Crippen molar-refractivity contribution in [2.45, 2.75) is 26.3 Å². The predicted molar refractivity (Wildman–Crippen MR) is 85.0 cm³/mol. The summed E-state index contributed by atoms with van der Waals surface area (Å²) < 4.78 is 0. The van der Waals surface area contributed by atoms with Crippen molar-refractivity contribution < 1.29 is 0 Å². The van der Waals surface area contributed by atoms with Crippen LogP contribution in [0, 0.1) is 17.8 Å². The summed E-state index contributed by atoms with van der Waals surface area (Å²) >= 11 is 5.93. The van der Waals surface area contributed by atoms with Gasteiger partial charge in [0.15, 0.2) is 0 Å². The van der Waals surface area contributed by atoms with Crippen LogP contribution >= 0.6 is 11.6 Å². The highest BCUT2D eigenvalue weighted by atomic mass is 35.5. The highest BCUT2D eigenvalue weighted by Crippen LogP contribution is 2.51. The van der Waals surface area contributed by atoms with Crippen LogP contribution in [0.2, 0.25) is 5.02 Å². The molecule has 1 aliphatic carbocycles. The van der Waals surface area contributed by atoms with Gasteiger partial charge in [0, 0.05) is 24.7 Å². The maximum atomic E-state index is 5.93. The van der Waals surface area contributed by atoms with Crippen LogP contribution < -0.4 is 5.32 Å². The van der Waals surface area contributed by atoms with Crippen molar-refractivity contribution in [2.24, 2.45) is 17.8 Å². The van der Waals surface area contributed by atoms with E-state index in [1.807, 2.05) is 12.1 Å². The Morgan fingerprint density at radius 2 is 1.90 bits per heavy atom. The lowest BCUT2D eigenvalue weighted by Crippen LogP contribution is -2.27. The first-order valence-electron chi connectivity index (χ1n) is 7.95. The number of piperidine rings is 1. The van der Waals surface area contributed by atoms with Crippen LogP contribution in [0.3, 0.4) is 0 Å². The average Bonchev–Trinajstić information content (AvgIpc) is 2.91. The minimum absolute atomic E-state index is 0.830. The van der Waals surface area contributed by atoms with Gasteiger partial charge in [-0.25, -0.2) is 0 Å². The lowest BCUT2D eigenvalue weighted by Gasteiger charge is -2.19. The molecule has 1 aromatic carbocycles. The number of fused-ring (bicyclic) bond motifs is 1. The Morgan fingerprint density at radius 3 is 2.55 bits per heavy atom. The molecule has 2 atom stereocenters. The van der Waals surface area contributed by atoms with Gasteiger partial charge in [0.05, 0.1) is 0 Å². The van der Waals surface area contributed by atoms with Crippen molar-refractivity contribution in [2.75, 3.05) is 26.2 Å². The van der Waals surface area contributed by atoms with E-state index in [1.165, 1.54) is 44.6 Å². The van der Waals surface area contributed by atoms with E-state index in [0.717, 1.165) is 29.3 Å². The topological polar surface area (TPSA) is 15.3 Å². The third-order valence-corrected chi connectivity index (χ3v) is 5.11. The number of rotatable bonds is 7. The second-order valence-electron chi connectivity index (χ2n) is 6.37. The molecule has 1 aromatic rings. The smallest absolute Gasteiger partial charge is 0.0406 e. The summed E-state index contributed by atoms with van der Waals surface area (Å²) in [6, 6.07) is 8.29. The van der Waals surface area contributed by atoms with E-state index in [-0.39, 0.29) is 0 Å². The van der Waals surface area contributed by atoms with Crippen LogP contribution in [0.15, 0.2) is 24.3 Å². The molecular weight excluding hydrogens is 268 g/mol. The highest BCUT2D eigenvalue weighted by Gasteiger charge is 2.54. The lowest BCUT2D eigenvalue weighted by atomic mass is 10.2. The number of benzene rings is 1. The summed E-state index contributed by atoms with van der Waals surface area (Å²) in [6.45, 7) is 8.34. The third kappa shape index (κ3) is 3.36. The summed E-state index contributed by atoms with van der Waals surface area (Å²) in [5.41, 5.74) is 1.38. The van der Waals surface area contributed by atoms with Crippen molar-refractivity contribution in [3.05, 3.63) is 34.9 Å². The second kappa shape index (κ2) is 6.46. The van der Waals surface area contributed by atoms with Gasteiger partial charge in [-0.2, -0.15) is 0 Å². The minimum atomic E-state index is 0.830. The fraction of sp³-hybridized carbons (Fsp3) is 0.647. The number of hydrogen-bond donors (Lipinski definition) is 1. The molecule has 2 aliphatic rings. The van der Waals surface area contributed by atoms with Crippen LogP contribution in [0.1, 0.15) is 25.3 Å². The first-order valence-corrected chi connectivity index (χ1v) is 8.33. The summed E-state index contributed by atoms with van der Waals surface area (Å²) in [7, 11) is 0. The Hall–Kier alpha value is -0.570. The molecule has 20 heavy (non-hydrogen) atoms. The predicted octanol–water partition coefficient (Wildman–Crippen LogP) is 3.41. The molecule has 0 bridgehead atoms. The zero-order chi connectivity index (χ0) is 13.9. The molecule has 3 rings (SSSR count). The summed E-state index contributed by atoms with van der Waals surface area (Å²) in [4.78, 5) is 2.60. The molecule has 0 aromatic heterocycles. The van der Waals surface area contributed by atoms with Gasteiger partial charge in [-0.05, 0) is 55.0 Å². The Morgan fingerprint density at radius 1 is 1.20 bits per heavy atom. The molecule has 0 spiro atoms. The van der Waals surface area contributed by atoms with Crippen molar-refractivity contribution in [3.63, 3.8) is 0 Å². The van der Waals surface area contributed by atoms with Crippen molar-refractivity contribution >= 4 is 11.6 Å². The van der Waals surface area contributed by atoms with Crippen LogP contribution in [0.5, 0.6) is 0 Å². The van der Waals surface area contributed by atoms with Crippen LogP contribution in [-0.4, -0.2) is 31.1 Å². The fourth-order valence-electron chi connectivity index (χ4n) is 3.59. The van der Waals surface area contributed by atoms with Crippen molar-refractivity contribution in [1.82, 2.24) is 10.2 Å². The normalized spacial score (nSPS) is 28.6. The van der Waals surface area contributed by atoms with E-state index in [1.54, 1.807) is 0 Å². The standard InChI is InChI=1S/C17H25ClN2/c1-2-3-8-19-9-15-16-11-20(12-17(15)16)10-13-4-6-14(18)7-5-13/h4-7,15-17,19H,2-3,8-12H2,1H3. The zero-order valence-corrected chi connectivity index (χ0v) is 13.1. The van der Waals surface area contributed by atoms with Gasteiger partial charge in [-0.3, -0.25) is 4.90 Å².